The number of hydrogen-bond acceptors (Lipinski definition) is 9. The minimum absolute atomic E-state index is 0.242. The number of sulfonamides is 1. The van der Waals surface area contributed by atoms with Crippen LogP contribution in [0.25, 0.3) is 22.2 Å². The van der Waals surface area contributed by atoms with Gasteiger partial charge in [0.1, 0.15) is 5.65 Å². The van der Waals surface area contributed by atoms with Gasteiger partial charge in [0.2, 0.25) is 21.9 Å². The quantitative estimate of drug-likeness (QED) is 0.386. The lowest BCUT2D eigenvalue weighted by Gasteiger charge is -2.33. The van der Waals surface area contributed by atoms with Crippen molar-refractivity contribution in [2.45, 2.75) is 70.3 Å². The van der Waals surface area contributed by atoms with Gasteiger partial charge in [-0.05, 0) is 59.7 Å². The summed E-state index contributed by atoms with van der Waals surface area (Å²) in [5.41, 5.74) is 0.678. The van der Waals surface area contributed by atoms with Crippen molar-refractivity contribution >= 4 is 33.0 Å². The van der Waals surface area contributed by atoms with Crippen molar-refractivity contribution < 1.29 is 21.6 Å². The molecule has 0 saturated heterocycles. The van der Waals surface area contributed by atoms with Gasteiger partial charge in [0.05, 0.1) is 17.7 Å². The summed E-state index contributed by atoms with van der Waals surface area (Å²) in [6.45, 7) is 3.72. The van der Waals surface area contributed by atoms with E-state index >= 15 is 0 Å². The molecule has 4 rings (SSSR count). The second-order valence-electron chi connectivity index (χ2n) is 10.5. The standard InChI is InChI=1S/C25H33F3N8O3S/c1-15(2)36-21-16(12-31-24(33-21)32-18-5-7-19(8-6-18)35(3)4)11-20(22(36)37)17-13-29-23(30-14-17)34-40(38,39)10-9-25(26,27)28/h11-15,18-19H,5-10H2,1-4H3,(H,29,30,34)(H,31,32,33). The fraction of sp³-hybridized carbons (Fsp3) is 0.560. The molecule has 0 amide bonds. The molecular formula is C25H33F3N8O3S. The van der Waals surface area contributed by atoms with Crippen molar-refractivity contribution in [3.63, 3.8) is 0 Å². The van der Waals surface area contributed by atoms with Crippen LogP contribution in [0, 0.1) is 0 Å². The first-order valence-corrected chi connectivity index (χ1v) is 14.6. The van der Waals surface area contributed by atoms with Crippen LogP contribution in [-0.2, 0) is 10.0 Å². The molecule has 0 bridgehead atoms. The van der Waals surface area contributed by atoms with Crippen molar-refractivity contribution in [1.82, 2.24) is 29.4 Å². The Morgan fingerprint density at radius 2 is 1.68 bits per heavy atom. The lowest BCUT2D eigenvalue weighted by atomic mass is 9.91. The molecule has 1 fully saturated rings. The minimum atomic E-state index is -4.61. The van der Waals surface area contributed by atoms with E-state index in [0.717, 1.165) is 25.7 Å². The highest BCUT2D eigenvalue weighted by Crippen LogP contribution is 2.26. The first kappa shape index (κ1) is 29.6. The molecule has 15 heteroatoms. The molecule has 40 heavy (non-hydrogen) atoms. The number of hydrogen-bond donors (Lipinski definition) is 2. The summed E-state index contributed by atoms with van der Waals surface area (Å²) in [7, 11) is -0.123. The second-order valence-corrected chi connectivity index (χ2v) is 12.3. The summed E-state index contributed by atoms with van der Waals surface area (Å²) in [5.74, 6) is -1.10. The largest absolute Gasteiger partial charge is 0.390 e. The normalized spacial score (nSPS) is 18.4. The number of aromatic nitrogens is 5. The van der Waals surface area contributed by atoms with Crippen molar-refractivity contribution in [2.24, 2.45) is 0 Å². The maximum atomic E-state index is 13.5. The van der Waals surface area contributed by atoms with Gasteiger partial charge in [-0.2, -0.15) is 18.2 Å². The zero-order valence-corrected chi connectivity index (χ0v) is 23.6. The molecule has 0 radical (unpaired) electrons. The van der Waals surface area contributed by atoms with Gasteiger partial charge in [0, 0.05) is 47.7 Å². The topological polar surface area (TPSA) is 135 Å². The molecule has 1 aliphatic carbocycles. The first-order valence-electron chi connectivity index (χ1n) is 13.0. The van der Waals surface area contributed by atoms with E-state index < -0.39 is 34.3 Å². The monoisotopic (exact) mass is 582 g/mol. The summed E-state index contributed by atoms with van der Waals surface area (Å²) >= 11 is 0. The lowest BCUT2D eigenvalue weighted by molar-refractivity contribution is -0.129. The van der Waals surface area contributed by atoms with Gasteiger partial charge in [-0.3, -0.25) is 14.1 Å². The number of fused-ring (bicyclic) bond motifs is 1. The number of pyridine rings is 1. The molecule has 0 aromatic carbocycles. The second kappa shape index (κ2) is 11.6. The third-order valence-corrected chi connectivity index (χ3v) is 8.15. The van der Waals surface area contributed by atoms with E-state index in [1.54, 1.807) is 16.8 Å². The van der Waals surface area contributed by atoms with Crippen LogP contribution in [0.15, 0.2) is 29.5 Å². The highest BCUT2D eigenvalue weighted by Gasteiger charge is 2.30. The highest BCUT2D eigenvalue weighted by molar-refractivity contribution is 7.92. The average molecular weight is 583 g/mol. The van der Waals surface area contributed by atoms with Gasteiger partial charge in [-0.1, -0.05) is 0 Å². The molecule has 1 aliphatic rings. The van der Waals surface area contributed by atoms with Crippen molar-refractivity contribution in [1.29, 1.82) is 0 Å². The molecule has 11 nitrogen and oxygen atoms in total. The van der Waals surface area contributed by atoms with Gasteiger partial charge in [0.25, 0.3) is 5.56 Å². The summed E-state index contributed by atoms with van der Waals surface area (Å²) < 4.78 is 64.6. The molecule has 0 aliphatic heterocycles. The van der Waals surface area contributed by atoms with Gasteiger partial charge in [0.15, 0.2) is 0 Å². The molecule has 0 atom stereocenters. The number of nitrogens with one attached hydrogen (secondary N) is 2. The minimum Gasteiger partial charge on any atom is -0.351 e. The Morgan fingerprint density at radius 3 is 2.25 bits per heavy atom. The molecule has 1 saturated carbocycles. The van der Waals surface area contributed by atoms with Crippen LogP contribution in [0.1, 0.15) is 52.0 Å². The zero-order chi connectivity index (χ0) is 29.2. The molecule has 2 N–H and O–H groups in total. The predicted octanol–water partition coefficient (Wildman–Crippen LogP) is 3.81. The van der Waals surface area contributed by atoms with Crippen molar-refractivity contribution in [3.8, 4) is 11.1 Å². The van der Waals surface area contributed by atoms with E-state index in [0.29, 0.717) is 28.6 Å². The van der Waals surface area contributed by atoms with E-state index in [9.17, 15) is 26.4 Å². The van der Waals surface area contributed by atoms with Gasteiger partial charge in [-0.15, -0.1) is 0 Å². The third kappa shape index (κ3) is 7.24. The van der Waals surface area contributed by atoms with Crippen LogP contribution >= 0.6 is 0 Å². The molecular weight excluding hydrogens is 549 g/mol. The van der Waals surface area contributed by atoms with Crippen LogP contribution < -0.4 is 15.6 Å². The Morgan fingerprint density at radius 1 is 1.05 bits per heavy atom. The average Bonchev–Trinajstić information content (AvgIpc) is 2.87. The molecule has 218 valence electrons. The molecule has 3 heterocycles. The van der Waals surface area contributed by atoms with Crippen molar-refractivity contribution in [2.75, 3.05) is 29.9 Å². The van der Waals surface area contributed by atoms with Gasteiger partial charge in [-0.25, -0.2) is 23.4 Å². The van der Waals surface area contributed by atoms with Crippen LogP contribution in [0.3, 0.4) is 0 Å². The van der Waals surface area contributed by atoms with E-state index in [2.05, 4.69) is 44.2 Å². The van der Waals surface area contributed by atoms with Gasteiger partial charge >= 0.3 is 6.18 Å². The van der Waals surface area contributed by atoms with Crippen LogP contribution in [0.2, 0.25) is 0 Å². The Bertz CT molecular complexity index is 1500. The van der Waals surface area contributed by atoms with Crippen LogP contribution in [0.5, 0.6) is 0 Å². The predicted molar refractivity (Wildman–Crippen MR) is 147 cm³/mol. The number of alkyl halides is 3. The SMILES string of the molecule is CC(C)n1c(=O)c(-c2cnc(NS(=O)(=O)CCC(F)(F)F)nc2)cc2cnc(NC3CCC(N(C)C)CC3)nc21. The number of halogens is 3. The molecule has 0 unspecified atom stereocenters. The zero-order valence-electron chi connectivity index (χ0n) is 22.7. The smallest absolute Gasteiger partial charge is 0.351 e. The van der Waals surface area contributed by atoms with Gasteiger partial charge < -0.3 is 10.2 Å². The summed E-state index contributed by atoms with van der Waals surface area (Å²) in [6, 6.07) is 2.18. The Hall–Kier alpha value is -3.33. The summed E-state index contributed by atoms with van der Waals surface area (Å²) in [4.78, 5) is 32.7. The third-order valence-electron chi connectivity index (χ3n) is 6.91. The Balaban J connectivity index is 1.57. The Labute approximate surface area is 230 Å². The summed E-state index contributed by atoms with van der Waals surface area (Å²) in [6.07, 6.45) is 2.15. The van der Waals surface area contributed by atoms with E-state index in [1.165, 1.54) is 12.4 Å². The highest BCUT2D eigenvalue weighted by atomic mass is 32.2. The number of anilines is 2. The van der Waals surface area contributed by atoms with Crippen LogP contribution in [0.4, 0.5) is 25.1 Å². The molecule has 3 aromatic rings. The lowest BCUT2D eigenvalue weighted by Crippen LogP contribution is -2.36. The fourth-order valence-corrected chi connectivity index (χ4v) is 5.74. The van der Waals surface area contributed by atoms with Crippen LogP contribution in [-0.4, -0.2) is 75.9 Å². The van der Waals surface area contributed by atoms with E-state index in [1.807, 2.05) is 18.6 Å². The maximum Gasteiger partial charge on any atom is 0.390 e. The molecule has 3 aromatic heterocycles. The fourth-order valence-electron chi connectivity index (χ4n) is 4.75. The van der Waals surface area contributed by atoms with E-state index in [4.69, 9.17) is 0 Å². The Kier molecular flexibility index (Phi) is 8.63. The number of nitrogens with zero attached hydrogens (tertiary/aromatic N) is 6. The first-order chi connectivity index (χ1) is 18.7. The summed E-state index contributed by atoms with van der Waals surface area (Å²) in [5, 5.41) is 4.02. The molecule has 0 spiro atoms. The van der Waals surface area contributed by atoms with Crippen molar-refractivity contribution in [3.05, 3.63) is 35.0 Å². The number of rotatable bonds is 9. The van der Waals surface area contributed by atoms with E-state index in [-0.39, 0.29) is 23.2 Å². The maximum absolute atomic E-state index is 13.5.